The summed E-state index contributed by atoms with van der Waals surface area (Å²) in [5, 5.41) is 3.31. The summed E-state index contributed by atoms with van der Waals surface area (Å²) in [6.45, 7) is 1.81. The molecule has 18 heavy (non-hydrogen) atoms. The summed E-state index contributed by atoms with van der Waals surface area (Å²) < 4.78 is 0. The summed E-state index contributed by atoms with van der Waals surface area (Å²) >= 11 is 0. The predicted molar refractivity (Wildman–Crippen MR) is 68.2 cm³/mol. The maximum absolute atomic E-state index is 11.9. The first-order chi connectivity index (χ1) is 8.75. The zero-order valence-corrected chi connectivity index (χ0v) is 10.2. The van der Waals surface area contributed by atoms with E-state index in [1.54, 1.807) is 0 Å². The van der Waals surface area contributed by atoms with Gasteiger partial charge in [-0.15, -0.1) is 0 Å². The minimum atomic E-state index is -0.0741. The molecule has 1 aromatic rings. The van der Waals surface area contributed by atoms with Gasteiger partial charge in [0.1, 0.15) is 0 Å². The molecule has 4 heteroatoms. The van der Waals surface area contributed by atoms with Crippen molar-refractivity contribution in [3.63, 3.8) is 0 Å². The fourth-order valence-corrected chi connectivity index (χ4v) is 2.65. The number of hydrogen-bond acceptors (Lipinski definition) is 3. The van der Waals surface area contributed by atoms with Gasteiger partial charge in [-0.2, -0.15) is 0 Å². The van der Waals surface area contributed by atoms with Crippen molar-refractivity contribution in [3.05, 3.63) is 29.3 Å². The molecule has 2 aliphatic rings. The standard InChI is InChI=1S/C14H16N2O2/c17-13-2-1-3-14(18)16(13)12-5-4-10-6-7-15-9-11(10)8-12/h4-5,8,15H,1-3,6-7,9H2. The second-order valence-electron chi connectivity index (χ2n) is 4.86. The summed E-state index contributed by atoms with van der Waals surface area (Å²) in [4.78, 5) is 25.1. The summed E-state index contributed by atoms with van der Waals surface area (Å²) in [6, 6.07) is 5.91. The van der Waals surface area contributed by atoms with Crippen molar-refractivity contribution >= 4 is 17.5 Å². The Morgan fingerprint density at radius 3 is 2.56 bits per heavy atom. The van der Waals surface area contributed by atoms with E-state index < -0.39 is 0 Å². The van der Waals surface area contributed by atoms with Gasteiger partial charge in [0.05, 0.1) is 5.69 Å². The molecule has 2 heterocycles. The summed E-state index contributed by atoms with van der Waals surface area (Å²) in [7, 11) is 0. The van der Waals surface area contributed by atoms with Crippen LogP contribution in [0.3, 0.4) is 0 Å². The van der Waals surface area contributed by atoms with Gasteiger partial charge in [0.15, 0.2) is 0 Å². The highest BCUT2D eigenvalue weighted by atomic mass is 16.2. The monoisotopic (exact) mass is 244 g/mol. The number of fused-ring (bicyclic) bond motifs is 1. The molecule has 1 fully saturated rings. The van der Waals surface area contributed by atoms with Crippen molar-refractivity contribution in [1.82, 2.24) is 5.32 Å². The lowest BCUT2D eigenvalue weighted by atomic mass is 9.99. The number of nitrogens with one attached hydrogen (secondary N) is 1. The van der Waals surface area contributed by atoms with Gasteiger partial charge in [-0.3, -0.25) is 14.5 Å². The first-order valence-corrected chi connectivity index (χ1v) is 6.44. The van der Waals surface area contributed by atoms with Crippen LogP contribution in [-0.2, 0) is 22.6 Å². The van der Waals surface area contributed by atoms with Crippen molar-refractivity contribution in [2.24, 2.45) is 0 Å². The molecule has 0 aromatic heterocycles. The van der Waals surface area contributed by atoms with Gasteiger partial charge < -0.3 is 5.32 Å². The first-order valence-electron chi connectivity index (χ1n) is 6.44. The van der Waals surface area contributed by atoms with Crippen molar-refractivity contribution in [2.75, 3.05) is 11.4 Å². The quantitative estimate of drug-likeness (QED) is 0.759. The number of rotatable bonds is 1. The van der Waals surface area contributed by atoms with E-state index >= 15 is 0 Å². The van der Waals surface area contributed by atoms with Crippen LogP contribution in [0.5, 0.6) is 0 Å². The maximum Gasteiger partial charge on any atom is 0.233 e. The van der Waals surface area contributed by atoms with E-state index in [1.165, 1.54) is 16.0 Å². The molecule has 0 unspecified atom stereocenters. The van der Waals surface area contributed by atoms with Crippen LogP contribution in [0, 0.1) is 0 Å². The Balaban J connectivity index is 1.96. The number of amides is 2. The van der Waals surface area contributed by atoms with Crippen LogP contribution in [0.4, 0.5) is 5.69 Å². The molecule has 0 aliphatic carbocycles. The van der Waals surface area contributed by atoms with E-state index in [9.17, 15) is 9.59 Å². The summed E-state index contributed by atoms with van der Waals surface area (Å²) in [6.07, 6.45) is 2.64. The number of piperidine rings is 1. The van der Waals surface area contributed by atoms with E-state index in [0.717, 1.165) is 25.2 Å². The van der Waals surface area contributed by atoms with Crippen molar-refractivity contribution in [2.45, 2.75) is 32.2 Å². The molecule has 0 atom stereocenters. The number of anilines is 1. The second kappa shape index (κ2) is 4.53. The molecule has 2 amide bonds. The first kappa shape index (κ1) is 11.4. The lowest BCUT2D eigenvalue weighted by molar-refractivity contribution is -0.129. The highest BCUT2D eigenvalue weighted by Crippen LogP contribution is 2.25. The molecular formula is C14H16N2O2. The van der Waals surface area contributed by atoms with E-state index in [4.69, 9.17) is 0 Å². The van der Waals surface area contributed by atoms with Gasteiger partial charge in [0.25, 0.3) is 0 Å². The molecule has 1 aromatic carbocycles. The van der Waals surface area contributed by atoms with E-state index in [2.05, 4.69) is 5.32 Å². The number of imide groups is 1. The van der Waals surface area contributed by atoms with Gasteiger partial charge in [0.2, 0.25) is 11.8 Å². The third kappa shape index (κ3) is 1.93. The Bertz CT molecular complexity index is 495. The molecule has 2 aliphatic heterocycles. The van der Waals surface area contributed by atoms with Crippen molar-refractivity contribution in [3.8, 4) is 0 Å². The van der Waals surface area contributed by atoms with Crippen LogP contribution in [0.25, 0.3) is 0 Å². The van der Waals surface area contributed by atoms with E-state index in [1.807, 2.05) is 18.2 Å². The van der Waals surface area contributed by atoms with Crippen LogP contribution >= 0.6 is 0 Å². The van der Waals surface area contributed by atoms with Gasteiger partial charge in [-0.05, 0) is 42.6 Å². The third-order valence-electron chi connectivity index (χ3n) is 3.61. The lowest BCUT2D eigenvalue weighted by Gasteiger charge is -2.26. The highest BCUT2D eigenvalue weighted by molar-refractivity contribution is 6.16. The lowest BCUT2D eigenvalue weighted by Crippen LogP contribution is -2.40. The third-order valence-corrected chi connectivity index (χ3v) is 3.61. The molecule has 4 nitrogen and oxygen atoms in total. The smallest absolute Gasteiger partial charge is 0.233 e. The Morgan fingerprint density at radius 1 is 1.00 bits per heavy atom. The number of benzene rings is 1. The summed E-state index contributed by atoms with van der Waals surface area (Å²) in [5.41, 5.74) is 3.24. The topological polar surface area (TPSA) is 49.4 Å². The summed E-state index contributed by atoms with van der Waals surface area (Å²) in [5.74, 6) is -0.148. The normalized spacial score (nSPS) is 19.9. The minimum absolute atomic E-state index is 0.0741. The van der Waals surface area contributed by atoms with Gasteiger partial charge in [0, 0.05) is 19.4 Å². The van der Waals surface area contributed by atoms with Crippen LogP contribution in [0.1, 0.15) is 30.4 Å². The average molecular weight is 244 g/mol. The van der Waals surface area contributed by atoms with Crippen LogP contribution < -0.4 is 10.2 Å². The molecule has 3 rings (SSSR count). The SMILES string of the molecule is O=C1CCCC(=O)N1c1ccc2c(c1)CNCC2. The van der Waals surface area contributed by atoms with Gasteiger partial charge >= 0.3 is 0 Å². The largest absolute Gasteiger partial charge is 0.312 e. The molecule has 0 saturated carbocycles. The number of hydrogen-bond donors (Lipinski definition) is 1. The molecule has 94 valence electrons. The molecular weight excluding hydrogens is 228 g/mol. The van der Waals surface area contributed by atoms with Crippen LogP contribution in [-0.4, -0.2) is 18.4 Å². The van der Waals surface area contributed by atoms with Crippen molar-refractivity contribution < 1.29 is 9.59 Å². The molecule has 0 spiro atoms. The van der Waals surface area contributed by atoms with Crippen molar-refractivity contribution in [1.29, 1.82) is 0 Å². The van der Waals surface area contributed by atoms with E-state index in [-0.39, 0.29) is 11.8 Å². The number of nitrogens with zero attached hydrogens (tertiary/aromatic N) is 1. The minimum Gasteiger partial charge on any atom is -0.312 e. The average Bonchev–Trinajstić information content (AvgIpc) is 2.38. The zero-order valence-electron chi connectivity index (χ0n) is 10.2. The Labute approximate surface area is 106 Å². The van der Waals surface area contributed by atoms with Crippen LogP contribution in [0.2, 0.25) is 0 Å². The molecule has 0 radical (unpaired) electrons. The molecule has 1 saturated heterocycles. The zero-order chi connectivity index (χ0) is 12.5. The maximum atomic E-state index is 11.9. The van der Waals surface area contributed by atoms with E-state index in [0.29, 0.717) is 19.3 Å². The fourth-order valence-electron chi connectivity index (χ4n) is 2.65. The Kier molecular flexibility index (Phi) is 2.88. The van der Waals surface area contributed by atoms with Gasteiger partial charge in [-0.1, -0.05) is 6.07 Å². The molecule has 0 bridgehead atoms. The highest BCUT2D eigenvalue weighted by Gasteiger charge is 2.27. The number of carbonyl (C=O) groups excluding carboxylic acids is 2. The number of carbonyl (C=O) groups is 2. The Morgan fingerprint density at radius 2 is 1.78 bits per heavy atom. The van der Waals surface area contributed by atoms with Crippen LogP contribution in [0.15, 0.2) is 18.2 Å². The Hall–Kier alpha value is -1.68. The molecule has 1 N–H and O–H groups in total. The van der Waals surface area contributed by atoms with Gasteiger partial charge in [-0.25, -0.2) is 0 Å². The fraction of sp³-hybridized carbons (Fsp3) is 0.429. The predicted octanol–water partition coefficient (Wildman–Crippen LogP) is 1.38. The second-order valence-corrected chi connectivity index (χ2v) is 4.86.